The molecule has 0 aromatic heterocycles. The first-order valence-corrected chi connectivity index (χ1v) is 10.7. The number of anilines is 1. The van der Waals surface area contributed by atoms with Gasteiger partial charge in [-0.2, -0.15) is 11.8 Å². The van der Waals surface area contributed by atoms with Gasteiger partial charge in [-0.15, -0.1) is 0 Å². The van der Waals surface area contributed by atoms with Crippen LogP contribution in [0, 0.1) is 5.92 Å². The zero-order valence-electron chi connectivity index (χ0n) is 16.3. The Morgan fingerprint density at radius 1 is 1.27 bits per heavy atom. The van der Waals surface area contributed by atoms with Crippen LogP contribution in [0.25, 0.3) is 0 Å². The molecular weight excluding hydrogens is 344 g/mol. The Morgan fingerprint density at radius 2 is 2.04 bits per heavy atom. The fraction of sp³-hybridized carbons (Fsp3) is 0.650. The molecule has 0 amide bonds. The molecule has 1 atom stereocenters. The van der Waals surface area contributed by atoms with Gasteiger partial charge < -0.3 is 19.9 Å². The molecule has 144 valence electrons. The fourth-order valence-electron chi connectivity index (χ4n) is 3.55. The molecule has 5 nitrogen and oxygen atoms in total. The van der Waals surface area contributed by atoms with Crippen LogP contribution < -0.4 is 10.2 Å². The van der Waals surface area contributed by atoms with Crippen LogP contribution in [0.3, 0.4) is 0 Å². The van der Waals surface area contributed by atoms with E-state index >= 15 is 0 Å². The Balaban J connectivity index is 1.64. The van der Waals surface area contributed by atoms with Crippen molar-refractivity contribution in [3.05, 3.63) is 29.8 Å². The van der Waals surface area contributed by atoms with E-state index in [1.165, 1.54) is 17.0 Å². The van der Waals surface area contributed by atoms with Crippen LogP contribution in [0.2, 0.25) is 0 Å². The lowest BCUT2D eigenvalue weighted by atomic mass is 10.1. The molecule has 1 unspecified atom stereocenters. The molecule has 2 fully saturated rings. The van der Waals surface area contributed by atoms with Gasteiger partial charge >= 0.3 is 0 Å². The fourth-order valence-corrected chi connectivity index (χ4v) is 4.85. The van der Waals surface area contributed by atoms with E-state index in [4.69, 9.17) is 4.74 Å². The Bertz CT molecular complexity index is 601. The van der Waals surface area contributed by atoms with Crippen LogP contribution in [0.4, 0.5) is 5.69 Å². The van der Waals surface area contributed by atoms with Crippen molar-refractivity contribution in [2.24, 2.45) is 10.9 Å². The van der Waals surface area contributed by atoms with Gasteiger partial charge in [0.25, 0.3) is 0 Å². The monoisotopic (exact) mass is 376 g/mol. The van der Waals surface area contributed by atoms with E-state index in [2.05, 4.69) is 70.0 Å². The zero-order chi connectivity index (χ0) is 18.4. The second-order valence-electron chi connectivity index (χ2n) is 7.23. The van der Waals surface area contributed by atoms with E-state index in [-0.39, 0.29) is 0 Å². The van der Waals surface area contributed by atoms with Gasteiger partial charge in [0.15, 0.2) is 5.96 Å². The van der Waals surface area contributed by atoms with Crippen molar-refractivity contribution in [2.75, 3.05) is 57.1 Å². The number of para-hydroxylation sites is 1. The SMILES string of the molecule is CN=C(NCc1ccccc1N1CCOCC1)N1CCSC(C(C)C)C1. The molecule has 1 aromatic carbocycles. The second-order valence-corrected chi connectivity index (χ2v) is 8.58. The van der Waals surface area contributed by atoms with Gasteiger partial charge in [0.1, 0.15) is 0 Å². The summed E-state index contributed by atoms with van der Waals surface area (Å²) in [4.78, 5) is 9.39. The van der Waals surface area contributed by atoms with Gasteiger partial charge in [-0.1, -0.05) is 32.0 Å². The highest BCUT2D eigenvalue weighted by molar-refractivity contribution is 8.00. The highest BCUT2D eigenvalue weighted by Crippen LogP contribution is 2.25. The largest absolute Gasteiger partial charge is 0.378 e. The number of hydrogen-bond acceptors (Lipinski definition) is 4. The zero-order valence-corrected chi connectivity index (χ0v) is 17.1. The third-order valence-corrected chi connectivity index (χ3v) is 6.67. The Morgan fingerprint density at radius 3 is 2.77 bits per heavy atom. The number of ether oxygens (including phenoxy) is 1. The van der Waals surface area contributed by atoms with Gasteiger partial charge in [-0.25, -0.2) is 0 Å². The standard InChI is InChI=1S/C20H32N4OS/c1-16(2)19-15-24(10-13-26-19)20(21-3)22-14-17-6-4-5-7-18(17)23-8-11-25-12-9-23/h4-7,16,19H,8-15H2,1-3H3,(H,21,22). The predicted molar refractivity (Wildman–Crippen MR) is 112 cm³/mol. The molecule has 0 aliphatic carbocycles. The number of morpholine rings is 1. The number of benzene rings is 1. The Labute approximate surface area is 162 Å². The van der Waals surface area contributed by atoms with Crippen molar-refractivity contribution in [3.8, 4) is 0 Å². The highest BCUT2D eigenvalue weighted by Gasteiger charge is 2.25. The molecule has 2 aliphatic rings. The normalized spacial score (nSPS) is 22.0. The van der Waals surface area contributed by atoms with Gasteiger partial charge in [-0.05, 0) is 17.5 Å². The third kappa shape index (κ3) is 4.86. The van der Waals surface area contributed by atoms with Crippen LogP contribution in [-0.4, -0.2) is 68.3 Å². The van der Waals surface area contributed by atoms with Crippen molar-refractivity contribution < 1.29 is 4.74 Å². The Hall–Kier alpha value is -1.40. The van der Waals surface area contributed by atoms with E-state index in [1.54, 1.807) is 0 Å². The minimum absolute atomic E-state index is 0.683. The highest BCUT2D eigenvalue weighted by atomic mass is 32.2. The van der Waals surface area contributed by atoms with Crippen LogP contribution >= 0.6 is 11.8 Å². The predicted octanol–water partition coefficient (Wildman–Crippen LogP) is 2.67. The van der Waals surface area contributed by atoms with Gasteiger partial charge in [-0.3, -0.25) is 4.99 Å². The maximum absolute atomic E-state index is 5.50. The summed E-state index contributed by atoms with van der Waals surface area (Å²) in [6.45, 7) is 11.1. The smallest absolute Gasteiger partial charge is 0.193 e. The molecule has 2 aliphatic heterocycles. The summed E-state index contributed by atoms with van der Waals surface area (Å²) in [7, 11) is 1.89. The summed E-state index contributed by atoms with van der Waals surface area (Å²) in [5, 5.41) is 4.29. The quantitative estimate of drug-likeness (QED) is 0.646. The van der Waals surface area contributed by atoms with Crippen molar-refractivity contribution in [1.82, 2.24) is 10.2 Å². The summed E-state index contributed by atoms with van der Waals surface area (Å²) < 4.78 is 5.50. The number of aliphatic imine (C=N–C) groups is 1. The third-order valence-electron chi connectivity index (χ3n) is 5.13. The molecular formula is C20H32N4OS. The topological polar surface area (TPSA) is 40.1 Å². The number of rotatable bonds is 4. The van der Waals surface area contributed by atoms with E-state index in [0.717, 1.165) is 51.9 Å². The number of nitrogens with zero attached hydrogens (tertiary/aromatic N) is 3. The molecule has 1 N–H and O–H groups in total. The van der Waals surface area contributed by atoms with Crippen LogP contribution in [0.15, 0.2) is 29.3 Å². The van der Waals surface area contributed by atoms with Gasteiger partial charge in [0.05, 0.1) is 13.2 Å². The van der Waals surface area contributed by atoms with E-state index < -0.39 is 0 Å². The van der Waals surface area contributed by atoms with Crippen LogP contribution in [-0.2, 0) is 11.3 Å². The molecule has 3 rings (SSSR count). The molecule has 0 bridgehead atoms. The molecule has 26 heavy (non-hydrogen) atoms. The molecule has 1 aromatic rings. The summed E-state index contributed by atoms with van der Waals surface area (Å²) in [5.41, 5.74) is 2.63. The average Bonchev–Trinajstić information content (AvgIpc) is 2.69. The lowest BCUT2D eigenvalue weighted by Gasteiger charge is -2.36. The lowest BCUT2D eigenvalue weighted by Crippen LogP contribution is -2.48. The van der Waals surface area contributed by atoms with Crippen molar-refractivity contribution >= 4 is 23.4 Å². The first-order chi connectivity index (χ1) is 12.7. The summed E-state index contributed by atoms with van der Waals surface area (Å²) in [5.74, 6) is 2.89. The summed E-state index contributed by atoms with van der Waals surface area (Å²) in [6, 6.07) is 8.68. The van der Waals surface area contributed by atoms with Crippen molar-refractivity contribution in [2.45, 2.75) is 25.6 Å². The van der Waals surface area contributed by atoms with Crippen molar-refractivity contribution in [3.63, 3.8) is 0 Å². The number of thioether (sulfide) groups is 1. The number of nitrogens with one attached hydrogen (secondary N) is 1. The summed E-state index contributed by atoms with van der Waals surface area (Å²) >= 11 is 2.10. The number of hydrogen-bond donors (Lipinski definition) is 1. The molecule has 2 heterocycles. The molecule has 6 heteroatoms. The van der Waals surface area contributed by atoms with Crippen molar-refractivity contribution in [1.29, 1.82) is 0 Å². The average molecular weight is 377 g/mol. The summed E-state index contributed by atoms with van der Waals surface area (Å²) in [6.07, 6.45) is 0. The van der Waals surface area contributed by atoms with E-state index in [1.807, 2.05) is 7.05 Å². The van der Waals surface area contributed by atoms with E-state index in [9.17, 15) is 0 Å². The molecule has 0 saturated carbocycles. The minimum Gasteiger partial charge on any atom is -0.378 e. The minimum atomic E-state index is 0.683. The lowest BCUT2D eigenvalue weighted by molar-refractivity contribution is 0.122. The number of guanidine groups is 1. The molecule has 0 spiro atoms. The second kappa shape index (κ2) is 9.51. The maximum atomic E-state index is 5.50. The van der Waals surface area contributed by atoms with Gasteiger partial charge in [0.2, 0.25) is 0 Å². The van der Waals surface area contributed by atoms with Crippen LogP contribution in [0.1, 0.15) is 19.4 Å². The maximum Gasteiger partial charge on any atom is 0.193 e. The first-order valence-electron chi connectivity index (χ1n) is 9.67. The molecule has 2 saturated heterocycles. The Kier molecular flexibility index (Phi) is 7.08. The van der Waals surface area contributed by atoms with Gasteiger partial charge in [0, 0.05) is 56.5 Å². The van der Waals surface area contributed by atoms with Crippen LogP contribution in [0.5, 0.6) is 0 Å². The van der Waals surface area contributed by atoms with E-state index in [0.29, 0.717) is 11.2 Å². The molecule has 0 radical (unpaired) electrons. The first kappa shape index (κ1) is 19.4.